The summed E-state index contributed by atoms with van der Waals surface area (Å²) in [7, 11) is 0. The number of ketones is 2. The van der Waals surface area contributed by atoms with Gasteiger partial charge in [-0.25, -0.2) is 9.59 Å². The van der Waals surface area contributed by atoms with Crippen molar-refractivity contribution in [1.82, 2.24) is 5.32 Å². The summed E-state index contributed by atoms with van der Waals surface area (Å²) in [6, 6.07) is 19.6. The fourth-order valence-electron chi connectivity index (χ4n) is 3.31. The van der Waals surface area contributed by atoms with Gasteiger partial charge in [-0.1, -0.05) is 53.5 Å². The van der Waals surface area contributed by atoms with Gasteiger partial charge in [0.2, 0.25) is 0 Å². The van der Waals surface area contributed by atoms with Crippen LogP contribution in [0.5, 0.6) is 0 Å². The third kappa shape index (κ3) is 10.2. The fourth-order valence-corrected chi connectivity index (χ4v) is 3.56. The van der Waals surface area contributed by atoms with Crippen LogP contribution in [0.15, 0.2) is 78.9 Å². The lowest BCUT2D eigenvalue weighted by molar-refractivity contribution is -0.146. The van der Waals surface area contributed by atoms with E-state index in [0.717, 1.165) is 5.56 Å². The Bertz CT molecular complexity index is 1330. The molecule has 11 heteroatoms. The molecule has 1 unspecified atom stereocenters. The van der Waals surface area contributed by atoms with Crippen molar-refractivity contribution >= 4 is 52.8 Å². The molecular formula is C29H25Cl2NO8. The van der Waals surface area contributed by atoms with E-state index >= 15 is 0 Å². The van der Waals surface area contributed by atoms with E-state index in [9.17, 15) is 24.0 Å². The van der Waals surface area contributed by atoms with Gasteiger partial charge in [0.05, 0.1) is 0 Å². The third-order valence-electron chi connectivity index (χ3n) is 5.47. The molecule has 0 bridgehead atoms. The number of hydrogen-bond acceptors (Lipinski definition) is 8. The van der Waals surface area contributed by atoms with Crippen LogP contribution in [0.25, 0.3) is 0 Å². The second-order valence-corrected chi connectivity index (χ2v) is 9.30. The molecule has 0 heterocycles. The van der Waals surface area contributed by atoms with Crippen molar-refractivity contribution in [3.63, 3.8) is 0 Å². The molecule has 0 aliphatic rings. The van der Waals surface area contributed by atoms with E-state index in [0.29, 0.717) is 15.6 Å². The number of carbonyl (C=O) groups is 5. The molecule has 3 aromatic carbocycles. The van der Waals surface area contributed by atoms with Crippen molar-refractivity contribution in [2.45, 2.75) is 25.5 Å². The number of ether oxygens (including phenoxy) is 3. The predicted octanol–water partition coefficient (Wildman–Crippen LogP) is 5.22. The van der Waals surface area contributed by atoms with Crippen molar-refractivity contribution in [3.05, 3.63) is 106 Å². The summed E-state index contributed by atoms with van der Waals surface area (Å²) in [5, 5.41) is 3.25. The number of rotatable bonds is 13. The van der Waals surface area contributed by atoms with Gasteiger partial charge in [0.15, 0.2) is 24.8 Å². The predicted molar refractivity (Wildman–Crippen MR) is 146 cm³/mol. The zero-order valence-corrected chi connectivity index (χ0v) is 22.7. The molecule has 0 radical (unpaired) electrons. The lowest BCUT2D eigenvalue weighted by atomic mass is 10.1. The molecule has 0 saturated carbocycles. The highest BCUT2D eigenvalue weighted by Gasteiger charge is 2.25. The topological polar surface area (TPSA) is 125 Å². The van der Waals surface area contributed by atoms with Crippen LogP contribution in [0, 0.1) is 0 Å². The van der Waals surface area contributed by atoms with E-state index in [2.05, 4.69) is 5.32 Å². The molecule has 0 aromatic heterocycles. The van der Waals surface area contributed by atoms with Crippen molar-refractivity contribution < 1.29 is 38.2 Å². The zero-order valence-electron chi connectivity index (χ0n) is 21.1. The maximum absolute atomic E-state index is 12.8. The number of amides is 1. The van der Waals surface area contributed by atoms with Crippen LogP contribution in [-0.2, 0) is 30.4 Å². The van der Waals surface area contributed by atoms with Crippen molar-refractivity contribution in [1.29, 1.82) is 0 Å². The molecule has 0 fully saturated rings. The van der Waals surface area contributed by atoms with Gasteiger partial charge >= 0.3 is 18.0 Å². The molecule has 208 valence electrons. The number of carbonyl (C=O) groups excluding carboxylic acids is 5. The smallest absolute Gasteiger partial charge is 0.408 e. The monoisotopic (exact) mass is 585 g/mol. The van der Waals surface area contributed by atoms with Gasteiger partial charge in [-0.05, 0) is 60.5 Å². The number of nitrogens with one attached hydrogen (secondary N) is 1. The number of esters is 2. The first-order chi connectivity index (χ1) is 19.2. The molecule has 0 spiro atoms. The Balaban J connectivity index is 1.55. The highest BCUT2D eigenvalue weighted by molar-refractivity contribution is 6.31. The average Bonchev–Trinajstić information content (AvgIpc) is 2.96. The van der Waals surface area contributed by atoms with Crippen LogP contribution in [0.2, 0.25) is 10.0 Å². The zero-order chi connectivity index (χ0) is 28.9. The Kier molecular flexibility index (Phi) is 11.7. The van der Waals surface area contributed by atoms with Gasteiger partial charge in [0.25, 0.3) is 0 Å². The molecule has 0 aliphatic carbocycles. The minimum Gasteiger partial charge on any atom is -0.457 e. The van der Waals surface area contributed by atoms with E-state index in [1.807, 2.05) is 6.07 Å². The summed E-state index contributed by atoms with van der Waals surface area (Å²) in [4.78, 5) is 62.0. The van der Waals surface area contributed by atoms with Crippen LogP contribution in [0.3, 0.4) is 0 Å². The Morgan fingerprint density at radius 3 is 1.75 bits per heavy atom. The van der Waals surface area contributed by atoms with Gasteiger partial charge < -0.3 is 19.5 Å². The molecule has 40 heavy (non-hydrogen) atoms. The summed E-state index contributed by atoms with van der Waals surface area (Å²) in [6.07, 6.45) is -1.50. The number of alkyl carbamates (subject to hydrolysis) is 1. The normalized spacial score (nSPS) is 11.2. The summed E-state index contributed by atoms with van der Waals surface area (Å²) in [6.45, 7) is -1.17. The lowest BCUT2D eigenvalue weighted by Gasteiger charge is -2.17. The van der Waals surface area contributed by atoms with E-state index in [-0.39, 0.29) is 25.0 Å². The second-order valence-electron chi connectivity index (χ2n) is 8.43. The van der Waals surface area contributed by atoms with E-state index in [1.54, 1.807) is 24.3 Å². The lowest BCUT2D eigenvalue weighted by Crippen LogP contribution is -2.43. The Morgan fingerprint density at radius 1 is 0.675 bits per heavy atom. The molecule has 3 rings (SSSR count). The molecule has 1 amide bonds. The van der Waals surface area contributed by atoms with Crippen LogP contribution in [0.1, 0.15) is 39.1 Å². The van der Waals surface area contributed by atoms with E-state index in [1.165, 1.54) is 48.5 Å². The minimum atomic E-state index is -1.33. The van der Waals surface area contributed by atoms with E-state index < -0.39 is 48.9 Å². The van der Waals surface area contributed by atoms with Gasteiger partial charge in [-0.3, -0.25) is 14.4 Å². The molecule has 1 atom stereocenters. The SMILES string of the molecule is O=C(CCC(NC(=O)OCc1ccccc1)C(=O)OCC(=O)c1ccc(Cl)cc1)OCC(=O)c1ccc(Cl)cc1. The molecule has 3 aromatic rings. The van der Waals surface area contributed by atoms with Crippen molar-refractivity contribution in [2.24, 2.45) is 0 Å². The van der Waals surface area contributed by atoms with E-state index in [4.69, 9.17) is 37.4 Å². The first kappa shape index (κ1) is 30.3. The van der Waals surface area contributed by atoms with Crippen molar-refractivity contribution in [3.8, 4) is 0 Å². The van der Waals surface area contributed by atoms with Crippen molar-refractivity contribution in [2.75, 3.05) is 13.2 Å². The van der Waals surface area contributed by atoms with Gasteiger partial charge in [0, 0.05) is 27.6 Å². The quantitative estimate of drug-likeness (QED) is 0.164. The number of Topliss-reactive ketones (excluding diaryl/α,β-unsaturated/α-hetero) is 2. The molecule has 1 N–H and O–H groups in total. The molecule has 0 aliphatic heterocycles. The maximum atomic E-state index is 12.8. The van der Waals surface area contributed by atoms with Crippen LogP contribution < -0.4 is 5.32 Å². The summed E-state index contributed by atoms with van der Waals surface area (Å²) >= 11 is 11.6. The number of halogens is 2. The Hall–Kier alpha value is -4.21. The summed E-state index contributed by atoms with van der Waals surface area (Å²) < 4.78 is 15.3. The number of benzene rings is 3. The van der Waals surface area contributed by atoms with Gasteiger partial charge in [-0.2, -0.15) is 0 Å². The summed E-state index contributed by atoms with van der Waals surface area (Å²) in [5.41, 5.74) is 1.31. The van der Waals surface area contributed by atoms with Crippen LogP contribution >= 0.6 is 23.2 Å². The highest BCUT2D eigenvalue weighted by Crippen LogP contribution is 2.12. The Morgan fingerprint density at radius 2 is 1.20 bits per heavy atom. The standard InChI is InChI=1S/C29H25Cl2NO8/c30-22-10-6-20(7-11-22)25(33)17-38-27(35)15-14-24(32-29(37)40-16-19-4-2-1-3-5-19)28(36)39-18-26(34)21-8-12-23(31)13-9-21/h1-13,24H,14-18H2,(H,32,37). The first-order valence-corrected chi connectivity index (χ1v) is 12.8. The average molecular weight is 586 g/mol. The largest absolute Gasteiger partial charge is 0.457 e. The highest BCUT2D eigenvalue weighted by atomic mass is 35.5. The third-order valence-corrected chi connectivity index (χ3v) is 5.97. The van der Waals surface area contributed by atoms with Crippen LogP contribution in [-0.4, -0.2) is 48.9 Å². The van der Waals surface area contributed by atoms with Crippen LogP contribution in [0.4, 0.5) is 4.79 Å². The Labute approximate surface area is 240 Å². The maximum Gasteiger partial charge on any atom is 0.408 e. The number of hydrogen-bond donors (Lipinski definition) is 1. The second kappa shape index (κ2) is 15.4. The minimum absolute atomic E-state index is 0.0572. The summed E-state index contributed by atoms with van der Waals surface area (Å²) in [5.74, 6) is -2.67. The first-order valence-electron chi connectivity index (χ1n) is 12.1. The fraction of sp³-hybridized carbons (Fsp3) is 0.207. The molecular weight excluding hydrogens is 561 g/mol. The molecule has 9 nitrogen and oxygen atoms in total. The molecule has 0 saturated heterocycles. The van der Waals surface area contributed by atoms with Gasteiger partial charge in [-0.15, -0.1) is 0 Å². The van der Waals surface area contributed by atoms with Gasteiger partial charge in [0.1, 0.15) is 12.6 Å².